The Kier molecular flexibility index (Phi) is 5.34. The second-order valence-electron chi connectivity index (χ2n) is 7.76. The first-order valence-corrected chi connectivity index (χ1v) is 9.57. The Labute approximate surface area is 162 Å². The Balaban J connectivity index is 1.81. The fourth-order valence-corrected chi connectivity index (χ4v) is 3.22. The standard InChI is InChI=1S/C18H26BrN7/c1-18(2,3)6-8-21-7-5-14-15(19)16(20)26-17(24-14)13(10-23-26)12-9-22-25(4)11-12/h9-11,21H,5-8,20H2,1-4H3. The molecule has 0 aliphatic heterocycles. The fraction of sp³-hybridized carbons (Fsp3) is 0.500. The van der Waals surface area contributed by atoms with E-state index in [1.165, 1.54) is 0 Å². The number of nitrogens with two attached hydrogens (primary N) is 1. The molecule has 3 N–H and O–H groups in total. The minimum absolute atomic E-state index is 0.339. The summed E-state index contributed by atoms with van der Waals surface area (Å²) in [6.45, 7) is 8.60. The van der Waals surface area contributed by atoms with Crippen molar-refractivity contribution in [3.05, 3.63) is 28.8 Å². The smallest absolute Gasteiger partial charge is 0.165 e. The van der Waals surface area contributed by atoms with Crippen molar-refractivity contribution < 1.29 is 0 Å². The minimum atomic E-state index is 0.339. The number of aromatic nitrogens is 5. The molecule has 0 amide bonds. The van der Waals surface area contributed by atoms with Crippen molar-refractivity contribution >= 4 is 27.4 Å². The third-order valence-electron chi connectivity index (χ3n) is 4.30. The molecule has 0 aliphatic rings. The van der Waals surface area contributed by atoms with Crippen LogP contribution in [0.15, 0.2) is 23.1 Å². The van der Waals surface area contributed by atoms with Crippen LogP contribution in [0.3, 0.4) is 0 Å². The highest BCUT2D eigenvalue weighted by Gasteiger charge is 2.17. The number of aryl methyl sites for hydroxylation is 1. The van der Waals surface area contributed by atoms with Crippen molar-refractivity contribution in [3.63, 3.8) is 0 Å². The summed E-state index contributed by atoms with van der Waals surface area (Å²) < 4.78 is 4.24. The average Bonchev–Trinajstić information content (AvgIpc) is 3.16. The maximum absolute atomic E-state index is 6.28. The molecule has 3 aromatic rings. The van der Waals surface area contributed by atoms with Crippen LogP contribution in [0.25, 0.3) is 16.8 Å². The molecule has 0 bridgehead atoms. The molecular formula is C18H26BrN7. The monoisotopic (exact) mass is 419 g/mol. The Morgan fingerprint density at radius 3 is 2.62 bits per heavy atom. The maximum atomic E-state index is 6.28. The van der Waals surface area contributed by atoms with Crippen LogP contribution < -0.4 is 11.1 Å². The number of nitrogen functional groups attached to an aromatic ring is 1. The van der Waals surface area contributed by atoms with Gasteiger partial charge in [0.1, 0.15) is 5.82 Å². The number of nitrogens with zero attached hydrogens (tertiary/aromatic N) is 5. The molecule has 0 spiro atoms. The van der Waals surface area contributed by atoms with Gasteiger partial charge in [0.2, 0.25) is 0 Å². The summed E-state index contributed by atoms with van der Waals surface area (Å²) >= 11 is 3.58. The highest BCUT2D eigenvalue weighted by atomic mass is 79.9. The average molecular weight is 420 g/mol. The van der Waals surface area contributed by atoms with Crippen LogP contribution in [0.2, 0.25) is 0 Å². The second kappa shape index (κ2) is 7.36. The second-order valence-corrected chi connectivity index (χ2v) is 8.56. The van der Waals surface area contributed by atoms with Gasteiger partial charge in [0.05, 0.1) is 22.6 Å². The van der Waals surface area contributed by atoms with Crippen LogP contribution in [0.5, 0.6) is 0 Å². The lowest BCUT2D eigenvalue weighted by Gasteiger charge is -2.18. The van der Waals surface area contributed by atoms with Gasteiger partial charge in [-0.2, -0.15) is 14.7 Å². The number of nitrogens with one attached hydrogen (secondary N) is 1. The van der Waals surface area contributed by atoms with Gasteiger partial charge in [-0.25, -0.2) is 4.98 Å². The van der Waals surface area contributed by atoms with Gasteiger partial charge in [0.15, 0.2) is 5.65 Å². The summed E-state index contributed by atoms with van der Waals surface area (Å²) in [4.78, 5) is 4.82. The Morgan fingerprint density at radius 2 is 1.96 bits per heavy atom. The molecule has 0 fully saturated rings. The van der Waals surface area contributed by atoms with Crippen LogP contribution in [-0.2, 0) is 13.5 Å². The minimum Gasteiger partial charge on any atom is -0.383 e. The van der Waals surface area contributed by atoms with E-state index in [1.807, 2.05) is 19.4 Å². The number of anilines is 1. The van der Waals surface area contributed by atoms with Gasteiger partial charge < -0.3 is 11.1 Å². The molecule has 3 heterocycles. The van der Waals surface area contributed by atoms with Crippen molar-refractivity contribution in [2.75, 3.05) is 18.8 Å². The predicted octanol–water partition coefficient (Wildman–Crippen LogP) is 3.04. The topological polar surface area (TPSA) is 86.1 Å². The van der Waals surface area contributed by atoms with Crippen molar-refractivity contribution in [2.24, 2.45) is 12.5 Å². The number of fused-ring (bicyclic) bond motifs is 1. The van der Waals surface area contributed by atoms with Gasteiger partial charge in [0.25, 0.3) is 0 Å². The van der Waals surface area contributed by atoms with Gasteiger partial charge in [-0.3, -0.25) is 4.68 Å². The summed E-state index contributed by atoms with van der Waals surface area (Å²) in [6.07, 6.45) is 7.47. The fourth-order valence-electron chi connectivity index (χ4n) is 2.77. The van der Waals surface area contributed by atoms with Crippen molar-refractivity contribution in [1.82, 2.24) is 29.7 Å². The zero-order chi connectivity index (χ0) is 18.9. The first-order chi connectivity index (χ1) is 12.3. The van der Waals surface area contributed by atoms with Gasteiger partial charge in [0, 0.05) is 37.3 Å². The van der Waals surface area contributed by atoms with E-state index in [1.54, 1.807) is 15.4 Å². The van der Waals surface area contributed by atoms with E-state index in [2.05, 4.69) is 52.2 Å². The normalized spacial score (nSPS) is 12.2. The van der Waals surface area contributed by atoms with Crippen LogP contribution in [0, 0.1) is 5.41 Å². The van der Waals surface area contributed by atoms with Crippen LogP contribution in [0.4, 0.5) is 5.82 Å². The molecule has 8 heteroatoms. The number of halogens is 1. The van der Waals surface area contributed by atoms with Gasteiger partial charge in [-0.05, 0) is 34.3 Å². The van der Waals surface area contributed by atoms with E-state index in [-0.39, 0.29) is 0 Å². The first kappa shape index (κ1) is 18.8. The summed E-state index contributed by atoms with van der Waals surface area (Å²) in [7, 11) is 1.89. The van der Waals surface area contributed by atoms with E-state index >= 15 is 0 Å². The van der Waals surface area contributed by atoms with Crippen LogP contribution in [0.1, 0.15) is 32.9 Å². The molecular weight excluding hydrogens is 394 g/mol. The molecule has 0 saturated heterocycles. The zero-order valence-electron chi connectivity index (χ0n) is 15.8. The van der Waals surface area contributed by atoms with Crippen molar-refractivity contribution in [2.45, 2.75) is 33.6 Å². The van der Waals surface area contributed by atoms with Gasteiger partial charge >= 0.3 is 0 Å². The third-order valence-corrected chi connectivity index (χ3v) is 5.16. The quantitative estimate of drug-likeness (QED) is 0.599. The third kappa shape index (κ3) is 4.07. The molecule has 0 saturated carbocycles. The summed E-state index contributed by atoms with van der Waals surface area (Å²) in [5, 5.41) is 12.1. The number of rotatable bonds is 6. The van der Waals surface area contributed by atoms with Crippen LogP contribution >= 0.6 is 15.9 Å². The molecule has 3 aromatic heterocycles. The largest absolute Gasteiger partial charge is 0.383 e. The lowest BCUT2D eigenvalue weighted by Crippen LogP contribution is -2.23. The highest BCUT2D eigenvalue weighted by Crippen LogP contribution is 2.29. The molecule has 0 atom stereocenters. The maximum Gasteiger partial charge on any atom is 0.165 e. The van der Waals surface area contributed by atoms with E-state index < -0.39 is 0 Å². The highest BCUT2D eigenvalue weighted by molar-refractivity contribution is 9.10. The Morgan fingerprint density at radius 1 is 1.19 bits per heavy atom. The molecule has 3 rings (SSSR count). The number of hydrogen-bond donors (Lipinski definition) is 2. The first-order valence-electron chi connectivity index (χ1n) is 8.77. The lowest BCUT2D eigenvalue weighted by atomic mass is 9.92. The van der Waals surface area contributed by atoms with Crippen molar-refractivity contribution in [1.29, 1.82) is 0 Å². The molecule has 140 valence electrons. The van der Waals surface area contributed by atoms with Gasteiger partial charge in [-0.15, -0.1) is 0 Å². The molecule has 0 aromatic carbocycles. The van der Waals surface area contributed by atoms with E-state index in [4.69, 9.17) is 10.7 Å². The lowest BCUT2D eigenvalue weighted by molar-refractivity contribution is 0.367. The summed E-state index contributed by atoms with van der Waals surface area (Å²) in [6, 6.07) is 0. The van der Waals surface area contributed by atoms with Crippen molar-refractivity contribution in [3.8, 4) is 11.1 Å². The Bertz CT molecular complexity index is 904. The SMILES string of the molecule is Cn1cc(-c2cnn3c(N)c(Br)c(CCNCCC(C)(C)C)nc23)cn1. The Hall–Kier alpha value is -1.93. The molecule has 0 aliphatic carbocycles. The van der Waals surface area contributed by atoms with E-state index in [0.29, 0.717) is 11.2 Å². The molecule has 7 nitrogen and oxygen atoms in total. The number of hydrogen-bond acceptors (Lipinski definition) is 5. The summed E-state index contributed by atoms with van der Waals surface area (Å²) in [5.41, 5.74) is 10.2. The van der Waals surface area contributed by atoms with E-state index in [0.717, 1.165) is 52.9 Å². The molecule has 0 radical (unpaired) electrons. The summed E-state index contributed by atoms with van der Waals surface area (Å²) in [5.74, 6) is 0.565. The van der Waals surface area contributed by atoms with E-state index in [9.17, 15) is 0 Å². The van der Waals surface area contributed by atoms with Gasteiger partial charge in [-0.1, -0.05) is 20.8 Å². The zero-order valence-corrected chi connectivity index (χ0v) is 17.3. The molecule has 0 unspecified atom stereocenters. The molecule has 26 heavy (non-hydrogen) atoms. The predicted molar refractivity (Wildman–Crippen MR) is 108 cm³/mol. The van der Waals surface area contributed by atoms with Crippen LogP contribution in [-0.4, -0.2) is 37.5 Å².